The summed E-state index contributed by atoms with van der Waals surface area (Å²) in [4.78, 5) is 10.7. The van der Waals surface area contributed by atoms with Crippen LogP contribution in [-0.2, 0) is 0 Å². The number of carboxylic acid groups (broad SMARTS) is 1. The minimum Gasteiger partial charge on any atom is -0.489 e. The van der Waals surface area contributed by atoms with Crippen LogP contribution in [0, 0.1) is 6.07 Å². The molecule has 0 aromatic heterocycles. The van der Waals surface area contributed by atoms with E-state index in [9.17, 15) is 4.79 Å². The number of rotatable bonds is 3. The van der Waals surface area contributed by atoms with Crippen LogP contribution in [0.2, 0.25) is 0 Å². The molecule has 1 radical (unpaired) electrons. The van der Waals surface area contributed by atoms with E-state index in [1.807, 2.05) is 0 Å². The Labute approximate surface area is 76.0 Å². The van der Waals surface area contributed by atoms with Crippen LogP contribution < -0.4 is 4.74 Å². The number of ether oxygens (including phenoxy) is 1. The second kappa shape index (κ2) is 3.09. The third-order valence-corrected chi connectivity index (χ3v) is 1.86. The molecule has 1 aliphatic rings. The van der Waals surface area contributed by atoms with E-state index in [4.69, 9.17) is 9.84 Å². The van der Waals surface area contributed by atoms with Gasteiger partial charge >= 0.3 is 5.97 Å². The van der Waals surface area contributed by atoms with Crippen molar-refractivity contribution in [1.82, 2.24) is 0 Å². The van der Waals surface area contributed by atoms with Gasteiger partial charge in [-0.1, -0.05) is 12.1 Å². The van der Waals surface area contributed by atoms with Gasteiger partial charge < -0.3 is 9.84 Å². The summed E-state index contributed by atoms with van der Waals surface area (Å²) in [7, 11) is 0. The highest BCUT2D eigenvalue weighted by Crippen LogP contribution is 2.28. The van der Waals surface area contributed by atoms with Crippen molar-refractivity contribution in [3.8, 4) is 5.75 Å². The summed E-state index contributed by atoms with van der Waals surface area (Å²) >= 11 is 0. The van der Waals surface area contributed by atoms with E-state index in [-0.39, 0.29) is 11.7 Å². The predicted molar refractivity (Wildman–Crippen MR) is 45.9 cm³/mol. The maximum atomic E-state index is 10.7. The quantitative estimate of drug-likeness (QED) is 0.764. The van der Waals surface area contributed by atoms with Gasteiger partial charge in [0.1, 0.15) is 11.3 Å². The number of carbonyl (C=O) groups is 1. The largest absolute Gasteiger partial charge is 0.489 e. The van der Waals surface area contributed by atoms with Gasteiger partial charge in [0.05, 0.1) is 6.10 Å². The lowest BCUT2D eigenvalue weighted by molar-refractivity contribution is 0.0692. The van der Waals surface area contributed by atoms with Crippen LogP contribution in [0.3, 0.4) is 0 Å². The lowest BCUT2D eigenvalue weighted by Gasteiger charge is -2.06. The summed E-state index contributed by atoms with van der Waals surface area (Å²) in [6, 6.07) is 7.61. The topological polar surface area (TPSA) is 46.5 Å². The predicted octanol–water partition coefficient (Wildman–Crippen LogP) is 1.73. The molecule has 1 N–H and O–H groups in total. The Morgan fingerprint density at radius 1 is 1.62 bits per heavy atom. The standard InChI is InChI=1S/C10H9O3/c11-10(12)8-3-1-2-4-9(8)13-7-5-6-7/h1-3,7H,5-6H2,(H,11,12). The normalized spacial score (nSPS) is 15.4. The van der Waals surface area contributed by atoms with Crippen molar-refractivity contribution >= 4 is 5.97 Å². The van der Waals surface area contributed by atoms with Crippen LogP contribution in [0.1, 0.15) is 23.2 Å². The van der Waals surface area contributed by atoms with Gasteiger partial charge in [-0.25, -0.2) is 4.79 Å². The molecular weight excluding hydrogens is 168 g/mol. The van der Waals surface area contributed by atoms with Crippen molar-refractivity contribution in [2.75, 3.05) is 0 Å². The van der Waals surface area contributed by atoms with Crippen LogP contribution in [0.25, 0.3) is 0 Å². The molecule has 1 aromatic carbocycles. The number of hydrogen-bond donors (Lipinski definition) is 1. The van der Waals surface area contributed by atoms with E-state index >= 15 is 0 Å². The Morgan fingerprint density at radius 3 is 3.00 bits per heavy atom. The second-order valence-corrected chi connectivity index (χ2v) is 3.04. The van der Waals surface area contributed by atoms with Crippen molar-refractivity contribution in [3.05, 3.63) is 29.8 Å². The molecule has 67 valence electrons. The van der Waals surface area contributed by atoms with Crippen molar-refractivity contribution in [2.24, 2.45) is 0 Å². The van der Waals surface area contributed by atoms with Crippen molar-refractivity contribution in [1.29, 1.82) is 0 Å². The molecule has 13 heavy (non-hydrogen) atoms. The maximum Gasteiger partial charge on any atom is 0.339 e. The van der Waals surface area contributed by atoms with Crippen LogP contribution in [0.5, 0.6) is 5.75 Å². The molecule has 1 fully saturated rings. The van der Waals surface area contributed by atoms with Crippen molar-refractivity contribution < 1.29 is 14.6 Å². The van der Waals surface area contributed by atoms with E-state index in [2.05, 4.69) is 6.07 Å². The monoisotopic (exact) mass is 177 g/mol. The van der Waals surface area contributed by atoms with E-state index in [0.29, 0.717) is 5.75 Å². The molecular formula is C10H9O3. The average Bonchev–Trinajstić information content (AvgIpc) is 2.89. The number of carboxylic acids is 1. The summed E-state index contributed by atoms with van der Waals surface area (Å²) in [5, 5.41) is 8.80. The molecule has 0 heterocycles. The van der Waals surface area contributed by atoms with E-state index < -0.39 is 5.97 Å². The summed E-state index contributed by atoms with van der Waals surface area (Å²) in [5.41, 5.74) is 0.189. The van der Waals surface area contributed by atoms with Crippen LogP contribution >= 0.6 is 0 Å². The van der Waals surface area contributed by atoms with Gasteiger partial charge in [0, 0.05) is 6.07 Å². The minimum atomic E-state index is -0.965. The van der Waals surface area contributed by atoms with Gasteiger partial charge in [0.15, 0.2) is 0 Å². The van der Waals surface area contributed by atoms with Crippen LogP contribution in [0.4, 0.5) is 0 Å². The molecule has 0 bridgehead atoms. The van der Waals surface area contributed by atoms with Gasteiger partial charge in [-0.3, -0.25) is 0 Å². The summed E-state index contributed by atoms with van der Waals surface area (Å²) in [6.07, 6.45) is 2.24. The molecule has 0 aliphatic heterocycles. The molecule has 0 spiro atoms. The average molecular weight is 177 g/mol. The summed E-state index contributed by atoms with van der Waals surface area (Å²) in [5.74, 6) is -0.606. The molecule has 3 heteroatoms. The SMILES string of the molecule is O=C(O)c1ccc[c]c1OC1CC1. The summed E-state index contributed by atoms with van der Waals surface area (Å²) < 4.78 is 5.38. The summed E-state index contributed by atoms with van der Waals surface area (Å²) in [6.45, 7) is 0. The Hall–Kier alpha value is -1.51. The highest BCUT2D eigenvalue weighted by atomic mass is 16.5. The molecule has 0 atom stereocenters. The van der Waals surface area contributed by atoms with Gasteiger partial charge in [-0.05, 0) is 18.9 Å². The van der Waals surface area contributed by atoms with Gasteiger partial charge in [0.25, 0.3) is 0 Å². The molecule has 1 aliphatic carbocycles. The third kappa shape index (κ3) is 1.80. The lowest BCUT2D eigenvalue weighted by atomic mass is 10.2. The zero-order valence-electron chi connectivity index (χ0n) is 6.99. The molecule has 2 rings (SSSR count). The van der Waals surface area contributed by atoms with Gasteiger partial charge in [-0.15, -0.1) is 0 Å². The molecule has 0 unspecified atom stereocenters. The van der Waals surface area contributed by atoms with Gasteiger partial charge in [0.2, 0.25) is 0 Å². The van der Waals surface area contributed by atoms with E-state index in [0.717, 1.165) is 12.8 Å². The first-order chi connectivity index (χ1) is 6.27. The Bertz CT molecular complexity index is 329. The minimum absolute atomic E-state index is 0.189. The Balaban J connectivity index is 2.25. The molecule has 0 saturated heterocycles. The third-order valence-electron chi connectivity index (χ3n) is 1.86. The first-order valence-corrected chi connectivity index (χ1v) is 4.18. The molecule has 0 amide bonds. The zero-order chi connectivity index (χ0) is 9.26. The van der Waals surface area contributed by atoms with E-state index in [1.165, 1.54) is 6.07 Å². The Morgan fingerprint density at radius 2 is 2.38 bits per heavy atom. The maximum absolute atomic E-state index is 10.7. The lowest BCUT2D eigenvalue weighted by Crippen LogP contribution is -2.04. The van der Waals surface area contributed by atoms with E-state index in [1.54, 1.807) is 12.1 Å². The highest BCUT2D eigenvalue weighted by Gasteiger charge is 2.25. The number of benzene rings is 1. The zero-order valence-corrected chi connectivity index (χ0v) is 6.99. The molecule has 1 saturated carbocycles. The molecule has 3 nitrogen and oxygen atoms in total. The number of para-hydroxylation sites is 1. The van der Waals surface area contributed by atoms with Crippen molar-refractivity contribution in [2.45, 2.75) is 18.9 Å². The highest BCUT2D eigenvalue weighted by molar-refractivity contribution is 5.90. The van der Waals surface area contributed by atoms with Gasteiger partial charge in [-0.2, -0.15) is 0 Å². The fourth-order valence-electron chi connectivity index (χ4n) is 1.04. The second-order valence-electron chi connectivity index (χ2n) is 3.04. The Kier molecular flexibility index (Phi) is 1.93. The fraction of sp³-hybridized carbons (Fsp3) is 0.300. The molecule has 1 aromatic rings. The fourth-order valence-corrected chi connectivity index (χ4v) is 1.04. The smallest absolute Gasteiger partial charge is 0.339 e. The van der Waals surface area contributed by atoms with Crippen LogP contribution in [0.15, 0.2) is 18.2 Å². The van der Waals surface area contributed by atoms with Crippen molar-refractivity contribution in [3.63, 3.8) is 0 Å². The number of hydrogen-bond acceptors (Lipinski definition) is 2. The van der Waals surface area contributed by atoms with Crippen LogP contribution in [-0.4, -0.2) is 17.2 Å². The number of aromatic carboxylic acids is 1. The first-order valence-electron chi connectivity index (χ1n) is 4.18. The first kappa shape index (κ1) is 8.10.